The first-order valence-corrected chi connectivity index (χ1v) is 9.48. The second kappa shape index (κ2) is 7.97. The van der Waals surface area contributed by atoms with E-state index < -0.39 is 0 Å². The molecule has 0 spiro atoms. The summed E-state index contributed by atoms with van der Waals surface area (Å²) in [5.74, 6) is 0. The summed E-state index contributed by atoms with van der Waals surface area (Å²) in [6, 6.07) is 0. The molecule has 0 atom stereocenters. The monoisotopic (exact) mass is 294 g/mol. The van der Waals surface area contributed by atoms with Gasteiger partial charge < -0.3 is 10.2 Å². The molecule has 0 radical (unpaired) electrons. The molecule has 0 aromatic heterocycles. The fraction of sp³-hybridized carbons (Fsp3) is 1.00. The van der Waals surface area contributed by atoms with Gasteiger partial charge in [0.2, 0.25) is 0 Å². The van der Waals surface area contributed by atoms with Gasteiger partial charge in [-0.15, -0.1) is 0 Å². The number of rotatable bonds is 6. The standard InChI is InChI=1S/C19H38N2/c1-4-13-20-15-19(11-7-5-6-8-12-19)17-21-14-9-10-18(2,3)16-21/h20H,4-17H2,1-3H3. The molecule has 0 aromatic rings. The van der Waals surface area contributed by atoms with E-state index in [1.165, 1.54) is 90.5 Å². The Hall–Kier alpha value is -0.0800. The van der Waals surface area contributed by atoms with Crippen molar-refractivity contribution >= 4 is 0 Å². The van der Waals surface area contributed by atoms with Gasteiger partial charge in [-0.1, -0.05) is 46.5 Å². The van der Waals surface area contributed by atoms with Crippen molar-refractivity contribution in [1.29, 1.82) is 0 Å². The quantitative estimate of drug-likeness (QED) is 0.575. The molecular weight excluding hydrogens is 256 g/mol. The third-order valence-corrected chi connectivity index (χ3v) is 5.63. The molecule has 124 valence electrons. The van der Waals surface area contributed by atoms with Gasteiger partial charge in [0.15, 0.2) is 0 Å². The van der Waals surface area contributed by atoms with Crippen LogP contribution in [0.3, 0.4) is 0 Å². The maximum atomic E-state index is 3.76. The molecule has 1 aliphatic heterocycles. The molecule has 2 heteroatoms. The van der Waals surface area contributed by atoms with Gasteiger partial charge in [-0.25, -0.2) is 0 Å². The normalized spacial score (nSPS) is 26.4. The lowest BCUT2D eigenvalue weighted by molar-refractivity contribution is 0.0601. The summed E-state index contributed by atoms with van der Waals surface area (Å²) in [4.78, 5) is 2.79. The largest absolute Gasteiger partial charge is 0.316 e. The summed E-state index contributed by atoms with van der Waals surface area (Å²) in [6.07, 6.45) is 12.8. The number of hydrogen-bond donors (Lipinski definition) is 1. The summed E-state index contributed by atoms with van der Waals surface area (Å²) in [5, 5.41) is 3.76. The number of piperidine rings is 1. The van der Waals surface area contributed by atoms with Crippen LogP contribution in [0, 0.1) is 10.8 Å². The summed E-state index contributed by atoms with van der Waals surface area (Å²) in [5.41, 5.74) is 1.08. The molecule has 1 aliphatic carbocycles. The first kappa shape index (κ1) is 17.3. The van der Waals surface area contributed by atoms with Gasteiger partial charge >= 0.3 is 0 Å². The first-order valence-electron chi connectivity index (χ1n) is 9.48. The van der Waals surface area contributed by atoms with Crippen molar-refractivity contribution in [2.45, 2.75) is 78.6 Å². The van der Waals surface area contributed by atoms with Crippen molar-refractivity contribution in [2.24, 2.45) is 10.8 Å². The zero-order chi connectivity index (χ0) is 15.2. The second-order valence-electron chi connectivity index (χ2n) is 8.57. The topological polar surface area (TPSA) is 15.3 Å². The Morgan fingerprint density at radius 2 is 1.67 bits per heavy atom. The van der Waals surface area contributed by atoms with Crippen LogP contribution in [0.2, 0.25) is 0 Å². The Bertz CT molecular complexity index is 290. The van der Waals surface area contributed by atoms with Crippen LogP contribution in [0.1, 0.15) is 78.6 Å². The van der Waals surface area contributed by atoms with Crippen LogP contribution < -0.4 is 5.32 Å². The summed E-state index contributed by atoms with van der Waals surface area (Å²) < 4.78 is 0. The predicted octanol–water partition coefficient (Wildman–Crippen LogP) is 4.45. The Morgan fingerprint density at radius 3 is 2.29 bits per heavy atom. The fourth-order valence-corrected chi connectivity index (χ4v) is 4.55. The van der Waals surface area contributed by atoms with E-state index in [9.17, 15) is 0 Å². The van der Waals surface area contributed by atoms with Crippen LogP contribution in [0.5, 0.6) is 0 Å². The average molecular weight is 295 g/mol. The molecule has 2 rings (SSSR count). The van der Waals surface area contributed by atoms with Crippen molar-refractivity contribution in [3.63, 3.8) is 0 Å². The zero-order valence-electron chi connectivity index (χ0n) is 14.8. The Morgan fingerprint density at radius 1 is 0.952 bits per heavy atom. The average Bonchev–Trinajstić information content (AvgIpc) is 2.64. The molecule has 1 heterocycles. The van der Waals surface area contributed by atoms with Gasteiger partial charge in [-0.2, -0.15) is 0 Å². The lowest BCUT2D eigenvalue weighted by Crippen LogP contribution is -2.49. The highest BCUT2D eigenvalue weighted by Crippen LogP contribution is 2.37. The van der Waals surface area contributed by atoms with E-state index >= 15 is 0 Å². The molecule has 1 saturated carbocycles. The van der Waals surface area contributed by atoms with Crippen molar-refractivity contribution in [3.8, 4) is 0 Å². The minimum absolute atomic E-state index is 0.529. The molecular formula is C19H38N2. The zero-order valence-corrected chi connectivity index (χ0v) is 14.8. The van der Waals surface area contributed by atoms with Crippen molar-refractivity contribution in [1.82, 2.24) is 10.2 Å². The smallest absolute Gasteiger partial charge is 0.00504 e. The minimum atomic E-state index is 0.529. The molecule has 0 aromatic carbocycles. The van der Waals surface area contributed by atoms with E-state index in [0.29, 0.717) is 10.8 Å². The lowest BCUT2D eigenvalue weighted by atomic mass is 9.77. The Balaban J connectivity index is 1.96. The van der Waals surface area contributed by atoms with Crippen LogP contribution in [0.4, 0.5) is 0 Å². The summed E-state index contributed by atoms with van der Waals surface area (Å²) in [6.45, 7) is 13.6. The second-order valence-corrected chi connectivity index (χ2v) is 8.57. The van der Waals surface area contributed by atoms with Gasteiger partial charge in [0.05, 0.1) is 0 Å². The van der Waals surface area contributed by atoms with Gasteiger partial charge in [0.1, 0.15) is 0 Å². The summed E-state index contributed by atoms with van der Waals surface area (Å²) >= 11 is 0. The van der Waals surface area contributed by atoms with E-state index in [1.807, 2.05) is 0 Å². The lowest BCUT2D eigenvalue weighted by Gasteiger charge is -2.44. The maximum absolute atomic E-state index is 3.76. The predicted molar refractivity (Wildman–Crippen MR) is 92.8 cm³/mol. The molecule has 0 amide bonds. The Labute approximate surface area is 133 Å². The van der Waals surface area contributed by atoms with E-state index in [-0.39, 0.29) is 0 Å². The molecule has 0 unspecified atom stereocenters. The van der Waals surface area contributed by atoms with Crippen LogP contribution in [0.15, 0.2) is 0 Å². The first-order chi connectivity index (χ1) is 10.1. The minimum Gasteiger partial charge on any atom is -0.316 e. The molecule has 2 nitrogen and oxygen atoms in total. The van der Waals surface area contributed by atoms with Crippen LogP contribution >= 0.6 is 0 Å². The highest BCUT2D eigenvalue weighted by Gasteiger charge is 2.35. The number of nitrogens with one attached hydrogen (secondary N) is 1. The maximum Gasteiger partial charge on any atom is 0.00504 e. The highest BCUT2D eigenvalue weighted by atomic mass is 15.1. The SMILES string of the molecule is CCCNCC1(CN2CCCC(C)(C)C2)CCCCCC1. The molecule has 2 aliphatic rings. The van der Waals surface area contributed by atoms with Crippen molar-refractivity contribution in [3.05, 3.63) is 0 Å². The molecule has 2 fully saturated rings. The van der Waals surface area contributed by atoms with Crippen molar-refractivity contribution in [2.75, 3.05) is 32.7 Å². The third kappa shape index (κ3) is 5.56. The van der Waals surface area contributed by atoms with Gasteiger partial charge in [-0.05, 0) is 56.0 Å². The van der Waals surface area contributed by atoms with Crippen LogP contribution in [0.25, 0.3) is 0 Å². The van der Waals surface area contributed by atoms with Gasteiger partial charge in [-0.3, -0.25) is 0 Å². The Kier molecular flexibility index (Phi) is 6.55. The number of likely N-dealkylation sites (tertiary alicyclic amines) is 1. The molecule has 1 saturated heterocycles. The molecule has 1 N–H and O–H groups in total. The highest BCUT2D eigenvalue weighted by molar-refractivity contribution is 4.90. The fourth-order valence-electron chi connectivity index (χ4n) is 4.55. The van der Waals surface area contributed by atoms with Gasteiger partial charge in [0.25, 0.3) is 0 Å². The van der Waals surface area contributed by atoms with Crippen molar-refractivity contribution < 1.29 is 0 Å². The van der Waals surface area contributed by atoms with E-state index in [4.69, 9.17) is 0 Å². The number of nitrogens with zero attached hydrogens (tertiary/aromatic N) is 1. The van der Waals surface area contributed by atoms with Crippen LogP contribution in [-0.2, 0) is 0 Å². The van der Waals surface area contributed by atoms with E-state index in [0.717, 1.165) is 0 Å². The summed E-state index contributed by atoms with van der Waals surface area (Å²) in [7, 11) is 0. The van der Waals surface area contributed by atoms with Crippen LogP contribution in [-0.4, -0.2) is 37.6 Å². The molecule has 0 bridgehead atoms. The van der Waals surface area contributed by atoms with E-state index in [1.54, 1.807) is 0 Å². The van der Waals surface area contributed by atoms with Gasteiger partial charge in [0, 0.05) is 19.6 Å². The number of hydrogen-bond acceptors (Lipinski definition) is 2. The third-order valence-electron chi connectivity index (χ3n) is 5.63. The molecule has 21 heavy (non-hydrogen) atoms. The van der Waals surface area contributed by atoms with E-state index in [2.05, 4.69) is 31.0 Å².